The van der Waals surface area contributed by atoms with Crippen molar-refractivity contribution in [3.63, 3.8) is 0 Å². The smallest absolute Gasteiger partial charge is 0.262 e. The molecule has 2 heterocycles. The van der Waals surface area contributed by atoms with Gasteiger partial charge in [-0.1, -0.05) is 47.1 Å². The molecule has 7 nitrogen and oxygen atoms in total. The van der Waals surface area contributed by atoms with Gasteiger partial charge >= 0.3 is 0 Å². The summed E-state index contributed by atoms with van der Waals surface area (Å²) in [5, 5.41) is 3.77. The topological polar surface area (TPSA) is 86.1 Å². The molecular formula is C21H22Cl2N4O3S. The van der Waals surface area contributed by atoms with Gasteiger partial charge in [-0.15, -0.1) is 0 Å². The number of ether oxygens (including phenoxy) is 1. The highest BCUT2D eigenvalue weighted by molar-refractivity contribution is 8.00. The van der Waals surface area contributed by atoms with E-state index in [9.17, 15) is 9.59 Å². The van der Waals surface area contributed by atoms with Crippen LogP contribution in [-0.2, 0) is 16.1 Å². The van der Waals surface area contributed by atoms with Crippen molar-refractivity contribution >= 4 is 57.6 Å². The largest absolute Gasteiger partial charge is 0.382 e. The predicted octanol–water partition coefficient (Wildman–Crippen LogP) is 4.64. The van der Waals surface area contributed by atoms with Crippen molar-refractivity contribution in [1.82, 2.24) is 14.5 Å². The Bertz CT molecular complexity index is 1140. The number of pyridine rings is 1. The summed E-state index contributed by atoms with van der Waals surface area (Å²) in [5.41, 5.74) is 0.450. The zero-order chi connectivity index (χ0) is 22.4. The molecule has 1 aromatic carbocycles. The van der Waals surface area contributed by atoms with Crippen LogP contribution < -0.4 is 10.9 Å². The molecule has 0 saturated heterocycles. The maximum Gasteiger partial charge on any atom is 0.262 e. The van der Waals surface area contributed by atoms with Crippen LogP contribution in [0, 0.1) is 0 Å². The lowest BCUT2D eigenvalue weighted by atomic mass is 10.2. The number of aromatic nitrogens is 3. The number of halogens is 2. The van der Waals surface area contributed by atoms with Crippen LogP contribution >= 0.6 is 35.0 Å². The second-order valence-corrected chi connectivity index (χ2v) is 8.80. The molecule has 0 saturated carbocycles. The number of anilines is 1. The minimum Gasteiger partial charge on any atom is -0.382 e. The van der Waals surface area contributed by atoms with Gasteiger partial charge < -0.3 is 10.1 Å². The van der Waals surface area contributed by atoms with Crippen LogP contribution in [0.4, 0.5) is 5.82 Å². The van der Waals surface area contributed by atoms with E-state index < -0.39 is 5.25 Å². The summed E-state index contributed by atoms with van der Waals surface area (Å²) in [4.78, 5) is 34.5. The first-order valence-corrected chi connectivity index (χ1v) is 11.4. The summed E-state index contributed by atoms with van der Waals surface area (Å²) in [6, 6.07) is 8.68. The fourth-order valence-electron chi connectivity index (χ4n) is 2.84. The second-order valence-electron chi connectivity index (χ2n) is 6.65. The van der Waals surface area contributed by atoms with Crippen molar-refractivity contribution < 1.29 is 9.53 Å². The van der Waals surface area contributed by atoms with E-state index in [0.29, 0.717) is 47.3 Å². The van der Waals surface area contributed by atoms with Gasteiger partial charge in [0, 0.05) is 26.0 Å². The lowest BCUT2D eigenvalue weighted by molar-refractivity contribution is -0.115. The fraction of sp³-hybridized carbons (Fsp3) is 0.333. The molecule has 0 radical (unpaired) electrons. The molecule has 3 rings (SSSR count). The summed E-state index contributed by atoms with van der Waals surface area (Å²) >= 11 is 13.1. The third-order valence-electron chi connectivity index (χ3n) is 4.40. The first kappa shape index (κ1) is 23.5. The van der Waals surface area contributed by atoms with Gasteiger partial charge in [0.1, 0.15) is 0 Å². The Morgan fingerprint density at radius 2 is 2.10 bits per heavy atom. The predicted molar refractivity (Wildman–Crippen MR) is 125 cm³/mol. The van der Waals surface area contributed by atoms with Crippen LogP contribution in [-0.4, -0.2) is 38.9 Å². The van der Waals surface area contributed by atoms with Crippen LogP contribution in [0.1, 0.15) is 20.3 Å². The van der Waals surface area contributed by atoms with Gasteiger partial charge in [-0.05, 0) is 38.5 Å². The van der Waals surface area contributed by atoms with E-state index in [4.69, 9.17) is 27.9 Å². The SMILES string of the molecule is CCOCCCn1c(S[C@H](C)C(=O)Nc2ncc(Cl)cc2Cl)nc2ccccc2c1=O. The lowest BCUT2D eigenvalue weighted by Crippen LogP contribution is -2.27. The highest BCUT2D eigenvalue weighted by Gasteiger charge is 2.20. The highest BCUT2D eigenvalue weighted by atomic mass is 35.5. The molecule has 10 heteroatoms. The molecule has 1 amide bonds. The number of carbonyl (C=O) groups excluding carboxylic acids is 1. The van der Waals surface area contributed by atoms with E-state index in [1.807, 2.05) is 19.1 Å². The van der Waals surface area contributed by atoms with Gasteiger partial charge in [0.25, 0.3) is 5.56 Å². The Kier molecular flexibility index (Phi) is 8.31. The second kappa shape index (κ2) is 10.9. The zero-order valence-corrected chi connectivity index (χ0v) is 19.4. The number of thioether (sulfide) groups is 1. The number of benzene rings is 1. The standard InChI is InChI=1S/C21H22Cl2N4O3S/c1-3-30-10-6-9-27-20(29)15-7-4-5-8-17(15)25-21(27)31-13(2)19(28)26-18-16(23)11-14(22)12-24-18/h4-5,7-8,11-13H,3,6,9-10H2,1-2H3,(H,24,26,28)/t13-/m1/s1. The van der Waals surface area contributed by atoms with E-state index >= 15 is 0 Å². The molecule has 0 aliphatic heterocycles. The lowest BCUT2D eigenvalue weighted by Gasteiger charge is -2.16. The molecule has 0 spiro atoms. The summed E-state index contributed by atoms with van der Waals surface area (Å²) in [6.07, 6.45) is 2.06. The monoisotopic (exact) mass is 480 g/mol. The number of hydrogen-bond acceptors (Lipinski definition) is 6. The van der Waals surface area contributed by atoms with E-state index in [1.165, 1.54) is 24.0 Å². The van der Waals surface area contributed by atoms with Crippen molar-refractivity contribution in [1.29, 1.82) is 0 Å². The Hall–Kier alpha value is -2.13. The van der Waals surface area contributed by atoms with Gasteiger partial charge in [0.05, 0.1) is 26.2 Å². The number of hydrogen-bond donors (Lipinski definition) is 1. The third kappa shape index (κ3) is 5.98. The molecule has 0 bridgehead atoms. The van der Waals surface area contributed by atoms with Crippen molar-refractivity contribution in [3.8, 4) is 0 Å². The Morgan fingerprint density at radius 1 is 1.32 bits per heavy atom. The molecule has 0 aliphatic carbocycles. The molecule has 2 aromatic heterocycles. The summed E-state index contributed by atoms with van der Waals surface area (Å²) in [7, 11) is 0. The average molecular weight is 481 g/mol. The van der Waals surface area contributed by atoms with Gasteiger partial charge in [0.2, 0.25) is 5.91 Å². The molecule has 1 N–H and O–H groups in total. The van der Waals surface area contributed by atoms with E-state index in [1.54, 1.807) is 23.6 Å². The third-order valence-corrected chi connectivity index (χ3v) is 5.99. The Morgan fingerprint density at radius 3 is 2.84 bits per heavy atom. The van der Waals surface area contributed by atoms with Crippen LogP contribution in [0.25, 0.3) is 10.9 Å². The maximum atomic E-state index is 13.1. The Labute approximate surface area is 194 Å². The molecule has 0 fully saturated rings. The fourth-order valence-corrected chi connectivity index (χ4v) is 4.20. The zero-order valence-electron chi connectivity index (χ0n) is 17.1. The van der Waals surface area contributed by atoms with Crippen molar-refractivity contribution in [2.75, 3.05) is 18.5 Å². The maximum absolute atomic E-state index is 13.1. The van der Waals surface area contributed by atoms with Crippen LogP contribution in [0.15, 0.2) is 46.5 Å². The van der Waals surface area contributed by atoms with E-state index in [2.05, 4.69) is 15.3 Å². The van der Waals surface area contributed by atoms with Gasteiger partial charge in [0.15, 0.2) is 11.0 Å². The molecule has 31 heavy (non-hydrogen) atoms. The first-order chi connectivity index (χ1) is 14.9. The molecule has 0 aliphatic rings. The van der Waals surface area contributed by atoms with Gasteiger partial charge in [-0.25, -0.2) is 9.97 Å². The number of amides is 1. The van der Waals surface area contributed by atoms with E-state index in [-0.39, 0.29) is 22.3 Å². The summed E-state index contributed by atoms with van der Waals surface area (Å²) in [5.74, 6) is -0.0888. The summed E-state index contributed by atoms with van der Waals surface area (Å²) in [6.45, 7) is 5.25. The Balaban J connectivity index is 1.84. The van der Waals surface area contributed by atoms with Crippen molar-refractivity contribution in [3.05, 3.63) is 56.9 Å². The average Bonchev–Trinajstić information content (AvgIpc) is 2.75. The van der Waals surface area contributed by atoms with Crippen molar-refractivity contribution in [2.45, 2.75) is 37.2 Å². The molecule has 1 atom stereocenters. The first-order valence-electron chi connectivity index (χ1n) is 9.76. The molecule has 3 aromatic rings. The minimum absolute atomic E-state index is 0.139. The van der Waals surface area contributed by atoms with Crippen LogP contribution in [0.3, 0.4) is 0 Å². The number of para-hydroxylation sites is 1. The number of fused-ring (bicyclic) bond motifs is 1. The molecule has 0 unspecified atom stereocenters. The molecular weight excluding hydrogens is 459 g/mol. The van der Waals surface area contributed by atoms with Crippen LogP contribution in [0.5, 0.6) is 0 Å². The number of rotatable bonds is 9. The van der Waals surface area contributed by atoms with E-state index in [0.717, 1.165) is 0 Å². The normalized spacial score (nSPS) is 12.1. The molecule has 164 valence electrons. The number of nitrogens with one attached hydrogen (secondary N) is 1. The quantitative estimate of drug-likeness (QED) is 0.272. The number of nitrogens with zero attached hydrogens (tertiary/aromatic N) is 3. The minimum atomic E-state index is -0.556. The van der Waals surface area contributed by atoms with Gasteiger partial charge in [-0.3, -0.25) is 14.2 Å². The number of carbonyl (C=O) groups is 1. The van der Waals surface area contributed by atoms with Gasteiger partial charge in [-0.2, -0.15) is 0 Å². The van der Waals surface area contributed by atoms with Crippen LogP contribution in [0.2, 0.25) is 10.0 Å². The summed E-state index contributed by atoms with van der Waals surface area (Å²) < 4.78 is 6.99. The highest BCUT2D eigenvalue weighted by Crippen LogP contribution is 2.26. The van der Waals surface area contributed by atoms with Crippen molar-refractivity contribution in [2.24, 2.45) is 0 Å².